The van der Waals surface area contributed by atoms with E-state index in [0.717, 1.165) is 5.56 Å². The van der Waals surface area contributed by atoms with Crippen molar-refractivity contribution in [3.8, 4) is 17.0 Å². The van der Waals surface area contributed by atoms with E-state index in [1.54, 1.807) is 30.6 Å². The predicted octanol–water partition coefficient (Wildman–Crippen LogP) is 1.85. The highest BCUT2D eigenvalue weighted by molar-refractivity contribution is 5.86. The summed E-state index contributed by atoms with van der Waals surface area (Å²) in [6.07, 6.45) is 3.23. The summed E-state index contributed by atoms with van der Waals surface area (Å²) >= 11 is 0. The number of carbonyl (C=O) groups is 1. The van der Waals surface area contributed by atoms with Gasteiger partial charge in [0.2, 0.25) is 0 Å². The number of carboxylic acid groups (broad SMARTS) is 1. The second-order valence-electron chi connectivity index (χ2n) is 3.29. The Labute approximate surface area is 97.7 Å². The third kappa shape index (κ3) is 2.23. The SMILES string of the molecule is COc1ccc(C(=O)O)nc1-c1ccncc1. The van der Waals surface area contributed by atoms with Crippen LogP contribution in [0.2, 0.25) is 0 Å². The van der Waals surface area contributed by atoms with Crippen molar-refractivity contribution in [1.82, 2.24) is 9.97 Å². The van der Waals surface area contributed by atoms with Gasteiger partial charge in [0, 0.05) is 18.0 Å². The third-order valence-electron chi connectivity index (χ3n) is 2.25. The first-order chi connectivity index (χ1) is 8.22. The Bertz CT molecular complexity index is 541. The van der Waals surface area contributed by atoms with Gasteiger partial charge in [0.25, 0.3) is 0 Å². The molecule has 0 radical (unpaired) electrons. The van der Waals surface area contributed by atoms with Crippen LogP contribution in [-0.4, -0.2) is 28.2 Å². The van der Waals surface area contributed by atoms with Crippen molar-refractivity contribution >= 4 is 5.97 Å². The monoisotopic (exact) mass is 230 g/mol. The normalized spacial score (nSPS) is 9.94. The summed E-state index contributed by atoms with van der Waals surface area (Å²) in [5.41, 5.74) is 1.24. The van der Waals surface area contributed by atoms with E-state index >= 15 is 0 Å². The van der Waals surface area contributed by atoms with Crippen LogP contribution in [0, 0.1) is 0 Å². The van der Waals surface area contributed by atoms with Crippen molar-refractivity contribution in [3.63, 3.8) is 0 Å². The average molecular weight is 230 g/mol. The molecule has 17 heavy (non-hydrogen) atoms. The molecule has 0 fully saturated rings. The van der Waals surface area contributed by atoms with E-state index in [-0.39, 0.29) is 5.69 Å². The Kier molecular flexibility index (Phi) is 3.00. The molecule has 2 rings (SSSR count). The molecule has 0 aliphatic carbocycles. The third-order valence-corrected chi connectivity index (χ3v) is 2.25. The fourth-order valence-electron chi connectivity index (χ4n) is 1.45. The molecular weight excluding hydrogens is 220 g/mol. The highest BCUT2D eigenvalue weighted by atomic mass is 16.5. The first-order valence-electron chi connectivity index (χ1n) is 4.91. The van der Waals surface area contributed by atoms with Crippen LogP contribution in [0.1, 0.15) is 10.5 Å². The quantitative estimate of drug-likeness (QED) is 0.871. The molecule has 2 aromatic heterocycles. The second kappa shape index (κ2) is 4.61. The lowest BCUT2D eigenvalue weighted by Crippen LogP contribution is -2.02. The topological polar surface area (TPSA) is 72.3 Å². The minimum atomic E-state index is -1.07. The zero-order valence-electron chi connectivity index (χ0n) is 9.12. The van der Waals surface area contributed by atoms with E-state index in [4.69, 9.17) is 9.84 Å². The van der Waals surface area contributed by atoms with Gasteiger partial charge in [-0.1, -0.05) is 0 Å². The van der Waals surface area contributed by atoms with Crippen molar-refractivity contribution in [1.29, 1.82) is 0 Å². The predicted molar refractivity (Wildman–Crippen MR) is 61.0 cm³/mol. The maximum Gasteiger partial charge on any atom is 0.354 e. The smallest absolute Gasteiger partial charge is 0.354 e. The number of aromatic nitrogens is 2. The fraction of sp³-hybridized carbons (Fsp3) is 0.0833. The van der Waals surface area contributed by atoms with Crippen molar-refractivity contribution in [3.05, 3.63) is 42.4 Å². The van der Waals surface area contributed by atoms with Gasteiger partial charge in [0.05, 0.1) is 7.11 Å². The maximum absolute atomic E-state index is 10.9. The molecular formula is C12H10N2O3. The van der Waals surface area contributed by atoms with Gasteiger partial charge in [0.15, 0.2) is 0 Å². The molecule has 0 amide bonds. The molecule has 0 unspecified atom stereocenters. The number of ether oxygens (including phenoxy) is 1. The van der Waals surface area contributed by atoms with Gasteiger partial charge in [-0.15, -0.1) is 0 Å². The fourth-order valence-corrected chi connectivity index (χ4v) is 1.45. The van der Waals surface area contributed by atoms with Crippen LogP contribution in [0.4, 0.5) is 0 Å². The molecule has 0 aromatic carbocycles. The zero-order valence-corrected chi connectivity index (χ0v) is 9.12. The number of pyridine rings is 2. The number of methoxy groups -OCH3 is 1. The van der Waals surface area contributed by atoms with E-state index in [0.29, 0.717) is 11.4 Å². The average Bonchev–Trinajstić information content (AvgIpc) is 2.39. The molecule has 0 saturated carbocycles. The Balaban J connectivity index is 2.58. The molecule has 2 heterocycles. The number of nitrogens with zero attached hydrogens (tertiary/aromatic N) is 2. The van der Waals surface area contributed by atoms with Crippen LogP contribution in [-0.2, 0) is 0 Å². The number of hydrogen-bond acceptors (Lipinski definition) is 4. The Morgan fingerprint density at radius 2 is 1.94 bits per heavy atom. The summed E-state index contributed by atoms with van der Waals surface area (Å²) in [6.45, 7) is 0. The largest absolute Gasteiger partial charge is 0.494 e. The van der Waals surface area contributed by atoms with E-state index < -0.39 is 5.97 Å². The maximum atomic E-state index is 10.9. The molecule has 0 aliphatic rings. The molecule has 0 spiro atoms. The summed E-state index contributed by atoms with van der Waals surface area (Å²) in [5.74, 6) is -0.538. The van der Waals surface area contributed by atoms with Gasteiger partial charge >= 0.3 is 5.97 Å². The van der Waals surface area contributed by atoms with E-state index in [1.165, 1.54) is 13.2 Å². The molecule has 5 nitrogen and oxygen atoms in total. The van der Waals surface area contributed by atoms with Crippen molar-refractivity contribution < 1.29 is 14.6 Å². The van der Waals surface area contributed by atoms with Crippen LogP contribution < -0.4 is 4.74 Å². The first kappa shape index (κ1) is 11.1. The van der Waals surface area contributed by atoms with Gasteiger partial charge in [0.1, 0.15) is 17.1 Å². The summed E-state index contributed by atoms with van der Waals surface area (Å²) < 4.78 is 5.16. The zero-order chi connectivity index (χ0) is 12.3. The molecule has 0 aliphatic heterocycles. The van der Waals surface area contributed by atoms with Crippen LogP contribution in [0.3, 0.4) is 0 Å². The number of rotatable bonds is 3. The summed E-state index contributed by atoms with van der Waals surface area (Å²) in [5, 5.41) is 8.90. The summed E-state index contributed by atoms with van der Waals surface area (Å²) in [6, 6.07) is 6.49. The minimum Gasteiger partial charge on any atom is -0.494 e. The number of hydrogen-bond donors (Lipinski definition) is 1. The van der Waals surface area contributed by atoms with Crippen LogP contribution in [0.5, 0.6) is 5.75 Å². The first-order valence-corrected chi connectivity index (χ1v) is 4.91. The lowest BCUT2D eigenvalue weighted by atomic mass is 10.1. The Hall–Kier alpha value is -2.43. The van der Waals surface area contributed by atoms with Crippen LogP contribution in [0.25, 0.3) is 11.3 Å². The van der Waals surface area contributed by atoms with Crippen molar-refractivity contribution in [2.24, 2.45) is 0 Å². The van der Waals surface area contributed by atoms with E-state index in [1.807, 2.05) is 0 Å². The Morgan fingerprint density at radius 3 is 2.53 bits per heavy atom. The minimum absolute atomic E-state index is 0.0161. The summed E-state index contributed by atoms with van der Waals surface area (Å²) in [4.78, 5) is 18.8. The van der Waals surface area contributed by atoms with Gasteiger partial charge in [-0.3, -0.25) is 4.98 Å². The van der Waals surface area contributed by atoms with Crippen molar-refractivity contribution in [2.75, 3.05) is 7.11 Å². The number of aromatic carboxylic acids is 1. The molecule has 5 heteroatoms. The standard InChI is InChI=1S/C12H10N2O3/c1-17-10-3-2-9(12(15)16)14-11(10)8-4-6-13-7-5-8/h2-7H,1H3,(H,15,16). The molecule has 1 N–H and O–H groups in total. The second-order valence-corrected chi connectivity index (χ2v) is 3.29. The highest BCUT2D eigenvalue weighted by Gasteiger charge is 2.12. The van der Waals surface area contributed by atoms with Gasteiger partial charge < -0.3 is 9.84 Å². The highest BCUT2D eigenvalue weighted by Crippen LogP contribution is 2.27. The van der Waals surface area contributed by atoms with Crippen LogP contribution in [0.15, 0.2) is 36.7 Å². The van der Waals surface area contributed by atoms with Gasteiger partial charge in [-0.25, -0.2) is 9.78 Å². The van der Waals surface area contributed by atoms with Gasteiger partial charge in [-0.05, 0) is 24.3 Å². The Morgan fingerprint density at radius 1 is 1.24 bits per heavy atom. The molecule has 0 saturated heterocycles. The number of carboxylic acids is 1. The lowest BCUT2D eigenvalue weighted by molar-refractivity contribution is 0.0690. The molecule has 86 valence electrons. The van der Waals surface area contributed by atoms with Crippen LogP contribution >= 0.6 is 0 Å². The van der Waals surface area contributed by atoms with Crippen molar-refractivity contribution in [2.45, 2.75) is 0 Å². The van der Waals surface area contributed by atoms with Gasteiger partial charge in [-0.2, -0.15) is 0 Å². The van der Waals surface area contributed by atoms with E-state index in [9.17, 15) is 4.79 Å². The van der Waals surface area contributed by atoms with E-state index in [2.05, 4.69) is 9.97 Å². The summed E-state index contributed by atoms with van der Waals surface area (Å²) in [7, 11) is 1.52. The lowest BCUT2D eigenvalue weighted by Gasteiger charge is -2.08. The molecule has 0 bridgehead atoms. The molecule has 0 atom stereocenters. The molecule has 2 aromatic rings.